The number of allylic oxidation sites excluding steroid dienone is 4. The predicted octanol–water partition coefficient (Wildman–Crippen LogP) is 8.99. The van der Waals surface area contributed by atoms with E-state index in [9.17, 15) is 4.79 Å². The molecule has 0 N–H and O–H groups in total. The zero-order valence-electron chi connectivity index (χ0n) is 30.6. The molecule has 268 valence electrons. The minimum atomic E-state index is 0.0152. The SMILES string of the molecule is COC(=O)CCCC1(c2cccs2)C2C3CC4=CC5CC6CC7CC8CC9CC%10=CC21C1C%10C2C9C9C8C7C7C6C6C5C4C4C3C1C1C4C6C7C9C21. The molecule has 3 heteroatoms. The van der Waals surface area contributed by atoms with Crippen molar-refractivity contribution in [2.24, 2.45) is 171 Å². The molecule has 1 aromatic heterocycles. The maximum Gasteiger partial charge on any atom is 0.305 e. The van der Waals surface area contributed by atoms with Crippen LogP contribution in [0.5, 0.6) is 0 Å². The van der Waals surface area contributed by atoms with Crippen LogP contribution in [0.4, 0.5) is 0 Å². The molecule has 17 aliphatic carbocycles. The monoisotopic (exact) mass is 706 g/mol. The van der Waals surface area contributed by atoms with Crippen LogP contribution in [-0.4, -0.2) is 13.1 Å². The van der Waals surface area contributed by atoms with Gasteiger partial charge in [-0.3, -0.25) is 4.79 Å². The Labute approximate surface area is 312 Å². The van der Waals surface area contributed by atoms with Crippen molar-refractivity contribution in [3.8, 4) is 0 Å². The molecule has 30 unspecified atom stereocenters. The minimum absolute atomic E-state index is 0.0152. The van der Waals surface area contributed by atoms with Crippen LogP contribution in [0.3, 0.4) is 0 Å². The summed E-state index contributed by atoms with van der Waals surface area (Å²) in [4.78, 5) is 14.5. The molecular formula is C49H54O2S. The van der Waals surface area contributed by atoms with E-state index in [0.717, 1.165) is 154 Å². The molecular weight excluding hydrogens is 653 g/mol. The average Bonchev–Trinajstić information content (AvgIpc) is 3.93. The van der Waals surface area contributed by atoms with Crippen molar-refractivity contribution < 1.29 is 9.53 Å². The molecule has 1 spiro atoms. The number of thiophene rings is 1. The van der Waals surface area contributed by atoms with Crippen molar-refractivity contribution in [3.05, 3.63) is 45.7 Å². The number of esters is 1. The second-order valence-corrected chi connectivity index (χ2v) is 24.9. The summed E-state index contributed by atoms with van der Waals surface area (Å²) < 4.78 is 5.30. The Morgan fingerprint density at radius 1 is 0.712 bits per heavy atom. The van der Waals surface area contributed by atoms with E-state index in [2.05, 4.69) is 52.1 Å². The summed E-state index contributed by atoms with van der Waals surface area (Å²) in [5, 5.41) is 2.42. The number of fused-ring (bicyclic) bond motifs is 1. The fourth-order valence-electron chi connectivity index (χ4n) is 26.5. The number of methoxy groups -OCH3 is 1. The molecule has 0 amide bonds. The van der Waals surface area contributed by atoms with E-state index in [4.69, 9.17) is 4.74 Å². The van der Waals surface area contributed by atoms with Crippen molar-refractivity contribution >= 4 is 17.3 Å². The predicted molar refractivity (Wildman–Crippen MR) is 196 cm³/mol. The molecule has 1 aromatic rings. The second kappa shape index (κ2) is 7.81. The zero-order chi connectivity index (χ0) is 32.8. The maximum atomic E-state index is 12.7. The molecule has 0 bridgehead atoms. The largest absolute Gasteiger partial charge is 0.469 e. The average molecular weight is 707 g/mol. The van der Waals surface area contributed by atoms with Gasteiger partial charge in [0.2, 0.25) is 0 Å². The number of hydrogen-bond acceptors (Lipinski definition) is 3. The van der Waals surface area contributed by atoms with E-state index in [1.165, 1.54) is 37.0 Å². The van der Waals surface area contributed by atoms with E-state index < -0.39 is 0 Å². The third-order valence-electron chi connectivity index (χ3n) is 24.9. The van der Waals surface area contributed by atoms with Gasteiger partial charge in [0.05, 0.1) is 7.11 Å². The summed E-state index contributed by atoms with van der Waals surface area (Å²) in [6.45, 7) is 0. The molecule has 1 heterocycles. The van der Waals surface area contributed by atoms with Crippen LogP contribution in [0.15, 0.2) is 40.8 Å². The normalized spacial score (nSPS) is 72.6. The summed E-state index contributed by atoms with van der Waals surface area (Å²) in [6.07, 6.45) is 18.7. The van der Waals surface area contributed by atoms with Crippen LogP contribution in [-0.2, 0) is 14.9 Å². The van der Waals surface area contributed by atoms with Crippen molar-refractivity contribution in [3.63, 3.8) is 0 Å². The van der Waals surface area contributed by atoms with E-state index in [1.807, 2.05) is 0 Å². The second-order valence-electron chi connectivity index (χ2n) is 23.9. The Balaban J connectivity index is 0.944. The van der Waals surface area contributed by atoms with E-state index in [1.54, 1.807) is 37.7 Å². The number of ether oxygens (including phenoxy) is 1. The van der Waals surface area contributed by atoms with Crippen LogP contribution in [0.1, 0.15) is 62.7 Å². The van der Waals surface area contributed by atoms with Crippen LogP contribution in [0, 0.1) is 171 Å². The summed E-state index contributed by atoms with van der Waals surface area (Å²) in [5.74, 6) is 29.9. The summed E-state index contributed by atoms with van der Waals surface area (Å²) in [7, 11) is 1.61. The van der Waals surface area contributed by atoms with Gasteiger partial charge in [-0.1, -0.05) is 29.4 Å². The molecule has 0 saturated heterocycles. The number of rotatable bonds is 5. The van der Waals surface area contributed by atoms with Crippen LogP contribution >= 0.6 is 11.3 Å². The third kappa shape index (κ3) is 2.23. The highest BCUT2D eigenvalue weighted by Gasteiger charge is 2.94. The van der Waals surface area contributed by atoms with E-state index >= 15 is 0 Å². The van der Waals surface area contributed by atoms with Gasteiger partial charge in [0.25, 0.3) is 0 Å². The lowest BCUT2D eigenvalue weighted by atomic mass is 9.42. The molecule has 15 fully saturated rings. The summed E-state index contributed by atoms with van der Waals surface area (Å²) in [6, 6.07) is 5.00. The zero-order valence-corrected chi connectivity index (χ0v) is 31.5. The third-order valence-corrected chi connectivity index (χ3v) is 26.0. The summed E-state index contributed by atoms with van der Waals surface area (Å²) in [5.41, 5.74) is 4.76. The van der Waals surface area contributed by atoms with Crippen LogP contribution < -0.4 is 0 Å². The Morgan fingerprint density at radius 2 is 1.37 bits per heavy atom. The van der Waals surface area contributed by atoms with Gasteiger partial charge in [-0.15, -0.1) is 11.3 Å². The van der Waals surface area contributed by atoms with Crippen molar-refractivity contribution in [2.45, 2.75) is 63.2 Å². The first-order chi connectivity index (χ1) is 25.7. The Kier molecular flexibility index (Phi) is 4.10. The molecule has 30 atom stereocenters. The van der Waals surface area contributed by atoms with E-state index in [0.29, 0.717) is 11.8 Å². The number of carbonyl (C=O) groups is 1. The first kappa shape index (κ1) is 27.3. The molecule has 0 radical (unpaired) electrons. The van der Waals surface area contributed by atoms with Crippen molar-refractivity contribution in [2.75, 3.05) is 7.11 Å². The van der Waals surface area contributed by atoms with Crippen LogP contribution in [0.2, 0.25) is 0 Å². The van der Waals surface area contributed by atoms with Gasteiger partial charge < -0.3 is 4.74 Å². The fraction of sp³-hybridized carbons (Fsp3) is 0.816. The number of hydrogen-bond donors (Lipinski definition) is 0. The first-order valence-electron chi connectivity index (χ1n) is 23.2. The topological polar surface area (TPSA) is 26.3 Å². The lowest BCUT2D eigenvalue weighted by molar-refractivity contribution is -0.149. The maximum absolute atomic E-state index is 12.7. The highest BCUT2D eigenvalue weighted by atomic mass is 32.1. The Bertz CT molecular complexity index is 2040. The molecule has 0 aliphatic heterocycles. The standard InChI is InChI=1S/C49H54O2S/c1-51-25(50)5-2-6-48(24-4-3-7-52-24)47-23-14-21-12-18-10-19-9-16-8-17-11-20-13-22-15-49(47,48)46-32(22)37-31(20)36-27(17)26(16)34-30(19)35-28(18)29(21)38-33(23)45(46)44-42(37)40(36)39(34)41(35)43(38)44/h3-4,7,12,15-20,23,26-47H,2,5-6,8-11,13-14H2,1H3. The fourth-order valence-corrected chi connectivity index (χ4v) is 27.6. The Hall–Kier alpha value is -1.35. The smallest absolute Gasteiger partial charge is 0.305 e. The Morgan fingerprint density at radius 3 is 2.13 bits per heavy atom. The molecule has 17 aliphatic rings. The van der Waals surface area contributed by atoms with Gasteiger partial charge in [0.1, 0.15) is 0 Å². The lowest BCUT2D eigenvalue weighted by Gasteiger charge is -2.62. The lowest BCUT2D eigenvalue weighted by Crippen LogP contribution is -2.59. The first-order valence-corrected chi connectivity index (χ1v) is 24.1. The van der Waals surface area contributed by atoms with Gasteiger partial charge in [-0.25, -0.2) is 0 Å². The summed E-state index contributed by atoms with van der Waals surface area (Å²) >= 11 is 2.12. The highest BCUT2D eigenvalue weighted by molar-refractivity contribution is 7.10. The van der Waals surface area contributed by atoms with Gasteiger partial charge in [0, 0.05) is 22.1 Å². The van der Waals surface area contributed by atoms with Gasteiger partial charge in [-0.05, 0) is 229 Å². The number of carbonyl (C=O) groups excluding carboxylic acids is 1. The van der Waals surface area contributed by atoms with Crippen molar-refractivity contribution in [1.82, 2.24) is 0 Å². The highest BCUT2D eigenvalue weighted by Crippen LogP contribution is 2.97. The van der Waals surface area contributed by atoms with Crippen LogP contribution in [0.25, 0.3) is 0 Å². The van der Waals surface area contributed by atoms with Gasteiger partial charge in [-0.2, -0.15) is 0 Å². The van der Waals surface area contributed by atoms with Crippen molar-refractivity contribution in [1.29, 1.82) is 0 Å². The van der Waals surface area contributed by atoms with Gasteiger partial charge >= 0.3 is 5.97 Å². The quantitative estimate of drug-likeness (QED) is 0.226. The molecule has 15 saturated carbocycles. The molecule has 18 rings (SSSR count). The molecule has 2 nitrogen and oxygen atoms in total. The molecule has 0 aromatic carbocycles. The van der Waals surface area contributed by atoms with E-state index in [-0.39, 0.29) is 11.4 Å². The minimum Gasteiger partial charge on any atom is -0.469 e. The molecule has 52 heavy (non-hydrogen) atoms. The van der Waals surface area contributed by atoms with Gasteiger partial charge in [0.15, 0.2) is 0 Å².